The highest BCUT2D eigenvalue weighted by atomic mass is 16.4. The third kappa shape index (κ3) is 3.57. The summed E-state index contributed by atoms with van der Waals surface area (Å²) in [7, 11) is 1.61. The molecule has 0 radical (unpaired) electrons. The van der Waals surface area contributed by atoms with E-state index in [2.05, 4.69) is 20.6 Å². The molecule has 1 aliphatic rings. The van der Waals surface area contributed by atoms with Gasteiger partial charge in [0.05, 0.1) is 0 Å². The Kier molecular flexibility index (Phi) is 5.03. The SMILES string of the molecule is CNC(=O)C1CCC(NC(=O)c2nccnc2C(=O)O)CC1. The number of carbonyl (C=O) groups is 3. The Morgan fingerprint density at radius 2 is 1.68 bits per heavy atom. The van der Waals surface area contributed by atoms with Crippen LogP contribution in [-0.4, -0.2) is 45.9 Å². The molecule has 1 aliphatic carbocycles. The Morgan fingerprint density at radius 1 is 1.09 bits per heavy atom. The van der Waals surface area contributed by atoms with E-state index in [9.17, 15) is 14.4 Å². The zero-order valence-corrected chi connectivity index (χ0v) is 12.2. The van der Waals surface area contributed by atoms with Crippen LogP contribution in [0.5, 0.6) is 0 Å². The smallest absolute Gasteiger partial charge is 0.356 e. The average Bonchev–Trinajstić information content (AvgIpc) is 2.54. The van der Waals surface area contributed by atoms with Gasteiger partial charge in [-0.15, -0.1) is 0 Å². The lowest BCUT2D eigenvalue weighted by atomic mass is 9.85. The maximum Gasteiger partial charge on any atom is 0.356 e. The van der Waals surface area contributed by atoms with Crippen molar-refractivity contribution in [1.82, 2.24) is 20.6 Å². The molecule has 22 heavy (non-hydrogen) atoms. The molecule has 8 nitrogen and oxygen atoms in total. The number of amides is 2. The number of aromatic nitrogens is 2. The van der Waals surface area contributed by atoms with E-state index in [1.54, 1.807) is 7.05 Å². The molecule has 1 heterocycles. The molecule has 8 heteroatoms. The molecule has 0 aliphatic heterocycles. The number of nitrogens with zero attached hydrogens (tertiary/aromatic N) is 2. The van der Waals surface area contributed by atoms with Gasteiger partial charge in [0, 0.05) is 31.4 Å². The van der Waals surface area contributed by atoms with Crippen LogP contribution in [0.3, 0.4) is 0 Å². The summed E-state index contributed by atoms with van der Waals surface area (Å²) in [6, 6.07) is -0.0861. The van der Waals surface area contributed by atoms with E-state index in [1.165, 1.54) is 12.4 Å². The first-order valence-electron chi connectivity index (χ1n) is 7.09. The fraction of sp³-hybridized carbons (Fsp3) is 0.500. The van der Waals surface area contributed by atoms with Gasteiger partial charge in [-0.1, -0.05) is 0 Å². The summed E-state index contributed by atoms with van der Waals surface area (Å²) in [5.41, 5.74) is -0.553. The van der Waals surface area contributed by atoms with E-state index in [0.717, 1.165) is 0 Å². The lowest BCUT2D eigenvalue weighted by Crippen LogP contribution is -2.41. The van der Waals surface area contributed by atoms with Crippen LogP contribution in [0.2, 0.25) is 0 Å². The Bertz CT molecular complexity index is 582. The quantitative estimate of drug-likeness (QED) is 0.731. The molecule has 1 aromatic rings. The second-order valence-corrected chi connectivity index (χ2v) is 5.19. The summed E-state index contributed by atoms with van der Waals surface area (Å²) in [4.78, 5) is 42.2. The molecule has 0 spiro atoms. The minimum Gasteiger partial charge on any atom is -0.476 e. The number of carboxylic acid groups (broad SMARTS) is 1. The van der Waals surface area contributed by atoms with E-state index < -0.39 is 11.9 Å². The normalized spacial score (nSPS) is 21.0. The summed E-state index contributed by atoms with van der Waals surface area (Å²) >= 11 is 0. The summed E-state index contributed by atoms with van der Waals surface area (Å²) in [5, 5.41) is 14.4. The highest BCUT2D eigenvalue weighted by Crippen LogP contribution is 2.24. The number of hydrogen-bond acceptors (Lipinski definition) is 5. The standard InChI is InChI=1S/C14H18N4O4/c1-15-12(19)8-2-4-9(5-3-8)18-13(20)10-11(14(21)22)17-7-6-16-10/h6-9H,2-5H2,1H3,(H,15,19)(H,18,20)(H,21,22). The molecular weight excluding hydrogens is 288 g/mol. The molecule has 0 atom stereocenters. The van der Waals surface area contributed by atoms with E-state index in [4.69, 9.17) is 5.11 Å². The van der Waals surface area contributed by atoms with E-state index in [1.807, 2.05) is 0 Å². The minimum absolute atomic E-state index is 0.0202. The zero-order valence-electron chi connectivity index (χ0n) is 12.2. The van der Waals surface area contributed by atoms with Crippen LogP contribution < -0.4 is 10.6 Å². The number of aromatic carboxylic acids is 1. The van der Waals surface area contributed by atoms with Crippen molar-refractivity contribution in [2.75, 3.05) is 7.05 Å². The van der Waals surface area contributed by atoms with Gasteiger partial charge >= 0.3 is 5.97 Å². The molecule has 1 aromatic heterocycles. The van der Waals surface area contributed by atoms with Crippen LogP contribution in [0, 0.1) is 5.92 Å². The summed E-state index contributed by atoms with van der Waals surface area (Å²) in [6.45, 7) is 0. The maximum atomic E-state index is 12.2. The van der Waals surface area contributed by atoms with Crippen molar-refractivity contribution < 1.29 is 19.5 Å². The lowest BCUT2D eigenvalue weighted by Gasteiger charge is -2.28. The van der Waals surface area contributed by atoms with Gasteiger partial charge in [-0.05, 0) is 25.7 Å². The molecule has 118 valence electrons. The minimum atomic E-state index is -1.29. The first-order chi connectivity index (χ1) is 10.5. The molecule has 2 rings (SSSR count). The lowest BCUT2D eigenvalue weighted by molar-refractivity contribution is -0.125. The molecule has 0 unspecified atom stereocenters. The molecule has 3 N–H and O–H groups in total. The highest BCUT2D eigenvalue weighted by molar-refractivity contribution is 6.02. The van der Waals surface area contributed by atoms with Crippen LogP contribution in [0.1, 0.15) is 46.7 Å². The molecule has 2 amide bonds. The van der Waals surface area contributed by atoms with Crippen LogP contribution in [0.25, 0.3) is 0 Å². The van der Waals surface area contributed by atoms with Crippen LogP contribution in [-0.2, 0) is 4.79 Å². The predicted octanol–water partition coefficient (Wildman–Crippen LogP) is 0.209. The van der Waals surface area contributed by atoms with Gasteiger partial charge in [0.15, 0.2) is 11.4 Å². The van der Waals surface area contributed by atoms with Gasteiger partial charge in [0.25, 0.3) is 5.91 Å². The van der Waals surface area contributed by atoms with Crippen molar-refractivity contribution in [3.8, 4) is 0 Å². The van der Waals surface area contributed by atoms with Crippen molar-refractivity contribution >= 4 is 17.8 Å². The maximum absolute atomic E-state index is 12.2. The second kappa shape index (κ2) is 6.97. The Balaban J connectivity index is 1.97. The topological polar surface area (TPSA) is 121 Å². The highest BCUT2D eigenvalue weighted by Gasteiger charge is 2.28. The number of carbonyl (C=O) groups excluding carboxylic acids is 2. The summed E-state index contributed by atoms with van der Waals surface area (Å²) < 4.78 is 0. The Hall–Kier alpha value is -2.51. The first-order valence-corrected chi connectivity index (χ1v) is 7.09. The zero-order chi connectivity index (χ0) is 16.1. The molecule has 0 bridgehead atoms. The second-order valence-electron chi connectivity index (χ2n) is 5.19. The monoisotopic (exact) mass is 306 g/mol. The first kappa shape index (κ1) is 15.9. The predicted molar refractivity (Wildman–Crippen MR) is 76.3 cm³/mol. The third-order valence-corrected chi connectivity index (χ3v) is 3.80. The van der Waals surface area contributed by atoms with Gasteiger partial charge in [-0.2, -0.15) is 0 Å². The molecular formula is C14H18N4O4. The van der Waals surface area contributed by atoms with Crippen molar-refractivity contribution in [2.24, 2.45) is 5.92 Å². The van der Waals surface area contributed by atoms with Gasteiger partial charge in [0.2, 0.25) is 5.91 Å². The van der Waals surface area contributed by atoms with Crippen molar-refractivity contribution in [3.05, 3.63) is 23.8 Å². The van der Waals surface area contributed by atoms with Gasteiger partial charge in [0.1, 0.15) is 0 Å². The van der Waals surface area contributed by atoms with E-state index in [0.29, 0.717) is 25.7 Å². The number of rotatable bonds is 4. The van der Waals surface area contributed by atoms with Gasteiger partial charge in [-0.25, -0.2) is 14.8 Å². The van der Waals surface area contributed by atoms with Crippen LogP contribution in [0.15, 0.2) is 12.4 Å². The number of hydrogen-bond donors (Lipinski definition) is 3. The average molecular weight is 306 g/mol. The molecule has 1 saturated carbocycles. The fourth-order valence-corrected chi connectivity index (χ4v) is 2.62. The van der Waals surface area contributed by atoms with Crippen LogP contribution >= 0.6 is 0 Å². The van der Waals surface area contributed by atoms with E-state index >= 15 is 0 Å². The Morgan fingerprint density at radius 3 is 2.23 bits per heavy atom. The summed E-state index contributed by atoms with van der Waals surface area (Å²) in [6.07, 6.45) is 5.24. The fourth-order valence-electron chi connectivity index (χ4n) is 2.62. The van der Waals surface area contributed by atoms with Crippen molar-refractivity contribution in [1.29, 1.82) is 0 Å². The molecule has 0 aromatic carbocycles. The van der Waals surface area contributed by atoms with Crippen molar-refractivity contribution in [3.63, 3.8) is 0 Å². The van der Waals surface area contributed by atoms with Gasteiger partial charge in [-0.3, -0.25) is 9.59 Å². The third-order valence-electron chi connectivity index (χ3n) is 3.80. The molecule has 0 saturated heterocycles. The van der Waals surface area contributed by atoms with Gasteiger partial charge < -0.3 is 15.7 Å². The Labute approximate surface area is 127 Å². The van der Waals surface area contributed by atoms with Crippen molar-refractivity contribution in [2.45, 2.75) is 31.7 Å². The number of nitrogens with one attached hydrogen (secondary N) is 2. The van der Waals surface area contributed by atoms with Crippen LogP contribution in [0.4, 0.5) is 0 Å². The largest absolute Gasteiger partial charge is 0.476 e. The summed E-state index contributed by atoms with van der Waals surface area (Å²) in [5.74, 6) is -1.84. The number of carboxylic acids is 1. The molecule has 1 fully saturated rings. The van der Waals surface area contributed by atoms with E-state index in [-0.39, 0.29) is 29.3 Å².